The number of carbonyl (C=O) groups is 2. The van der Waals surface area contributed by atoms with Crippen LogP contribution in [-0.2, 0) is 6.54 Å². The van der Waals surface area contributed by atoms with Crippen molar-refractivity contribution >= 4 is 23.1 Å². The summed E-state index contributed by atoms with van der Waals surface area (Å²) in [6, 6.07) is 21.4. The number of nitrogens with zero attached hydrogens (tertiary/aromatic N) is 1. The summed E-state index contributed by atoms with van der Waals surface area (Å²) >= 11 is 0. The van der Waals surface area contributed by atoms with Gasteiger partial charge >= 0.3 is 5.97 Å². The summed E-state index contributed by atoms with van der Waals surface area (Å²) in [6.45, 7) is 5.86. The fraction of sp³-hybridized carbons (Fsp3) is 0.333. The monoisotopic (exact) mass is 509 g/mol. The summed E-state index contributed by atoms with van der Waals surface area (Å²) in [6.07, 6.45) is 6.30. The van der Waals surface area contributed by atoms with Crippen LogP contribution in [0.2, 0.25) is 0 Å². The minimum atomic E-state index is -0.922. The molecule has 5 heteroatoms. The highest BCUT2D eigenvalue weighted by molar-refractivity contribution is 5.97. The molecule has 196 valence electrons. The van der Waals surface area contributed by atoms with Crippen LogP contribution >= 0.6 is 0 Å². The number of rotatable bonds is 7. The van der Waals surface area contributed by atoms with Gasteiger partial charge in [-0.2, -0.15) is 0 Å². The van der Waals surface area contributed by atoms with Gasteiger partial charge < -0.3 is 10.4 Å². The number of fused-ring (bicyclic) bond motifs is 1. The van der Waals surface area contributed by atoms with Crippen LogP contribution in [0.4, 0.5) is 5.69 Å². The zero-order valence-electron chi connectivity index (χ0n) is 22.6. The third kappa shape index (κ3) is 4.91. The van der Waals surface area contributed by atoms with Crippen LogP contribution in [0.1, 0.15) is 77.8 Å². The minimum Gasteiger partial charge on any atom is -0.478 e. The lowest BCUT2D eigenvalue weighted by molar-refractivity contribution is 0.0697. The van der Waals surface area contributed by atoms with Crippen LogP contribution in [0, 0.1) is 5.92 Å². The van der Waals surface area contributed by atoms with E-state index < -0.39 is 5.97 Å². The molecule has 0 radical (unpaired) electrons. The average Bonchev–Trinajstić information content (AvgIpc) is 3.13. The number of amides is 1. The largest absolute Gasteiger partial charge is 0.478 e. The van der Waals surface area contributed by atoms with Gasteiger partial charge in [0.25, 0.3) is 5.91 Å². The van der Waals surface area contributed by atoms with Gasteiger partial charge in [0.15, 0.2) is 0 Å². The summed E-state index contributed by atoms with van der Waals surface area (Å²) in [7, 11) is 2.22. The molecule has 5 rings (SSSR count). The van der Waals surface area contributed by atoms with Crippen LogP contribution < -0.4 is 9.80 Å². The maximum atomic E-state index is 13.0. The first-order chi connectivity index (χ1) is 18.3. The second-order valence-corrected chi connectivity index (χ2v) is 11.1. The fourth-order valence-electron chi connectivity index (χ4n) is 6.16. The van der Waals surface area contributed by atoms with Crippen molar-refractivity contribution in [2.75, 3.05) is 13.6 Å². The predicted molar refractivity (Wildman–Crippen MR) is 154 cm³/mol. The number of allylic oxidation sites excluding steroid dienone is 2. The Morgan fingerprint density at radius 1 is 0.921 bits per heavy atom. The second kappa shape index (κ2) is 10.6. The number of quaternary nitrogens is 1. The maximum Gasteiger partial charge on any atom is 0.336 e. The highest BCUT2D eigenvalue weighted by atomic mass is 16.4. The summed E-state index contributed by atoms with van der Waals surface area (Å²) in [5.41, 5.74) is 8.63. The maximum absolute atomic E-state index is 13.0. The Bertz CT molecular complexity index is 1400. The summed E-state index contributed by atoms with van der Waals surface area (Å²) in [5, 5.41) is 12.7. The molecule has 38 heavy (non-hydrogen) atoms. The number of carbonyl (C=O) groups excluding carboxylic acids is 1. The zero-order valence-corrected chi connectivity index (χ0v) is 22.6. The highest BCUT2D eigenvalue weighted by Gasteiger charge is 2.39. The molecular formula is C33H37N2O3+. The van der Waals surface area contributed by atoms with E-state index >= 15 is 0 Å². The van der Waals surface area contributed by atoms with Crippen molar-refractivity contribution in [3.63, 3.8) is 0 Å². The molecule has 1 saturated carbocycles. The van der Waals surface area contributed by atoms with Gasteiger partial charge in [0.2, 0.25) is 0 Å². The van der Waals surface area contributed by atoms with E-state index in [-0.39, 0.29) is 5.91 Å². The van der Waals surface area contributed by atoms with Crippen LogP contribution in [0.25, 0.3) is 16.7 Å². The molecule has 2 aliphatic rings. The fourth-order valence-corrected chi connectivity index (χ4v) is 6.16. The smallest absolute Gasteiger partial charge is 0.336 e. The summed E-state index contributed by atoms with van der Waals surface area (Å²) in [5.74, 6) is -0.299. The summed E-state index contributed by atoms with van der Waals surface area (Å²) < 4.78 is 0.649. The molecule has 1 atom stereocenters. The Labute approximate surface area is 225 Å². The van der Waals surface area contributed by atoms with E-state index in [2.05, 4.69) is 50.5 Å². The number of hydrogen-bond donors (Lipinski definition) is 2. The Balaban J connectivity index is 1.35. The molecule has 1 amide bonds. The minimum absolute atomic E-state index is 0.0159. The molecule has 0 saturated heterocycles. The van der Waals surface area contributed by atoms with E-state index in [9.17, 15) is 14.7 Å². The van der Waals surface area contributed by atoms with Gasteiger partial charge in [0.1, 0.15) is 17.9 Å². The van der Waals surface area contributed by atoms with E-state index in [0.717, 1.165) is 35.3 Å². The molecule has 2 N–H and O–H groups in total. The quantitative estimate of drug-likeness (QED) is 0.329. The molecule has 0 bridgehead atoms. The van der Waals surface area contributed by atoms with Gasteiger partial charge in [0, 0.05) is 41.8 Å². The van der Waals surface area contributed by atoms with Gasteiger partial charge in [-0.15, -0.1) is 0 Å². The number of nitrogens with one attached hydrogen (secondary N) is 1. The first-order valence-electron chi connectivity index (χ1n) is 13.7. The van der Waals surface area contributed by atoms with Crippen molar-refractivity contribution in [1.29, 1.82) is 0 Å². The molecule has 5 nitrogen and oxygen atoms in total. The van der Waals surface area contributed by atoms with Crippen molar-refractivity contribution in [2.45, 2.75) is 52.5 Å². The Kier molecular flexibility index (Phi) is 7.22. The van der Waals surface area contributed by atoms with Gasteiger partial charge in [-0.1, -0.05) is 61.7 Å². The van der Waals surface area contributed by atoms with Crippen molar-refractivity contribution in [3.05, 3.63) is 94.7 Å². The van der Waals surface area contributed by atoms with E-state index in [4.69, 9.17) is 0 Å². The number of carboxylic acid groups (broad SMARTS) is 1. The van der Waals surface area contributed by atoms with Gasteiger partial charge in [-0.25, -0.2) is 4.79 Å². The Morgan fingerprint density at radius 2 is 1.63 bits per heavy atom. The van der Waals surface area contributed by atoms with Crippen LogP contribution in [-0.4, -0.2) is 30.6 Å². The first kappa shape index (κ1) is 25.9. The lowest BCUT2D eigenvalue weighted by atomic mass is 9.89. The molecule has 1 unspecified atom stereocenters. The lowest BCUT2D eigenvalue weighted by Crippen LogP contribution is -2.40. The van der Waals surface area contributed by atoms with E-state index in [1.165, 1.54) is 54.6 Å². The first-order valence-corrected chi connectivity index (χ1v) is 13.7. The molecule has 3 aromatic carbocycles. The number of hydrogen-bond acceptors (Lipinski definition) is 2. The predicted octanol–water partition coefficient (Wildman–Crippen LogP) is 7.26. The van der Waals surface area contributed by atoms with Gasteiger partial charge in [-0.05, 0) is 55.0 Å². The SMILES string of the molecule is CC1=C(C)[N+](C)(Cc2ccc(-c3ccccc3C(=O)O)cc2)c2ccc(C(=O)NCC3CCCCC3)cc21. The van der Waals surface area contributed by atoms with Crippen molar-refractivity contribution in [2.24, 2.45) is 5.92 Å². The van der Waals surface area contributed by atoms with Gasteiger partial charge in [0.05, 0.1) is 12.6 Å². The molecule has 0 aromatic heterocycles. The average molecular weight is 510 g/mol. The molecule has 3 aromatic rings. The molecule has 0 spiro atoms. The number of aromatic carboxylic acids is 1. The van der Waals surface area contributed by atoms with Crippen molar-refractivity contribution in [3.8, 4) is 11.1 Å². The van der Waals surface area contributed by atoms with E-state index in [1.54, 1.807) is 12.1 Å². The Morgan fingerprint density at radius 3 is 2.34 bits per heavy atom. The number of carboxylic acids is 1. The second-order valence-electron chi connectivity index (χ2n) is 11.1. The number of benzene rings is 3. The standard InChI is InChI=1S/C33H36N2O3/c1-22-23(2)35(3,21-25-13-15-26(16-14-25)28-11-7-8-12-29(28)33(37)38)31-18-17-27(19-30(22)31)32(36)34-20-24-9-5-4-6-10-24/h7-8,11-19,24H,4-6,9-10,20-21H2,1-3H3,(H-,34,36,37,38)/p+1. The summed E-state index contributed by atoms with van der Waals surface area (Å²) in [4.78, 5) is 24.6. The molecule has 1 aliphatic heterocycles. The molecule has 1 aliphatic carbocycles. The van der Waals surface area contributed by atoms with Gasteiger partial charge in [-0.3, -0.25) is 9.28 Å². The van der Waals surface area contributed by atoms with Crippen molar-refractivity contribution < 1.29 is 14.7 Å². The van der Waals surface area contributed by atoms with Crippen LogP contribution in [0.5, 0.6) is 0 Å². The lowest BCUT2D eigenvalue weighted by Gasteiger charge is -2.31. The third-order valence-electron chi connectivity index (χ3n) is 8.67. The normalized spacial score (nSPS) is 19.3. The molecule has 1 fully saturated rings. The van der Waals surface area contributed by atoms with Crippen LogP contribution in [0.3, 0.4) is 0 Å². The van der Waals surface area contributed by atoms with E-state index in [0.29, 0.717) is 16.0 Å². The molecular weight excluding hydrogens is 472 g/mol. The molecule has 1 heterocycles. The van der Waals surface area contributed by atoms with E-state index in [1.807, 2.05) is 30.3 Å². The topological polar surface area (TPSA) is 66.4 Å². The van der Waals surface area contributed by atoms with Crippen molar-refractivity contribution in [1.82, 2.24) is 9.80 Å². The Hall–Kier alpha value is -3.70. The third-order valence-corrected chi connectivity index (χ3v) is 8.67. The zero-order chi connectivity index (χ0) is 26.9. The van der Waals surface area contributed by atoms with Crippen LogP contribution in [0.15, 0.2) is 72.4 Å². The highest BCUT2D eigenvalue weighted by Crippen LogP contribution is 2.45.